The lowest BCUT2D eigenvalue weighted by molar-refractivity contribution is -0.140. The molecule has 0 radical (unpaired) electrons. The van der Waals surface area contributed by atoms with E-state index in [-0.39, 0.29) is 18.5 Å². The molecule has 0 unspecified atom stereocenters. The summed E-state index contributed by atoms with van der Waals surface area (Å²) in [6, 6.07) is 22.9. The maximum atomic E-state index is 14.2. The van der Waals surface area contributed by atoms with Gasteiger partial charge in [0.1, 0.15) is 18.3 Å². The second-order valence-corrected chi connectivity index (χ2v) is 13.5. The van der Waals surface area contributed by atoms with Crippen molar-refractivity contribution < 1.29 is 22.7 Å². The van der Waals surface area contributed by atoms with Crippen molar-refractivity contribution in [2.75, 3.05) is 24.2 Å². The van der Waals surface area contributed by atoms with Crippen LogP contribution < -0.4 is 14.4 Å². The van der Waals surface area contributed by atoms with Crippen LogP contribution in [0.2, 0.25) is 0 Å². The van der Waals surface area contributed by atoms with Gasteiger partial charge in [0.05, 0.1) is 19.1 Å². The third-order valence-electron chi connectivity index (χ3n) is 7.51. The number of carbonyl (C=O) groups is 2. The molecular weight excluding hydrogens is 618 g/mol. The van der Waals surface area contributed by atoms with E-state index in [1.165, 1.54) is 12.0 Å². The van der Waals surface area contributed by atoms with Crippen LogP contribution in [0.25, 0.3) is 0 Å². The number of anilines is 1. The monoisotopic (exact) mass is 655 g/mol. The zero-order chi connectivity index (χ0) is 30.1. The number of nitrogens with zero attached hydrogens (tertiary/aromatic N) is 2. The molecule has 0 bridgehead atoms. The van der Waals surface area contributed by atoms with Crippen molar-refractivity contribution in [3.8, 4) is 5.75 Å². The van der Waals surface area contributed by atoms with Crippen molar-refractivity contribution in [3.05, 3.63) is 94.5 Å². The van der Waals surface area contributed by atoms with Crippen molar-refractivity contribution in [2.24, 2.45) is 0 Å². The Morgan fingerprint density at radius 2 is 1.64 bits per heavy atom. The maximum absolute atomic E-state index is 14.2. The third-order valence-corrected chi connectivity index (χ3v) is 9.18. The van der Waals surface area contributed by atoms with Gasteiger partial charge in [-0.1, -0.05) is 83.7 Å². The molecule has 1 fully saturated rings. The molecule has 4 rings (SSSR count). The Hall–Kier alpha value is -3.37. The minimum atomic E-state index is -3.85. The second-order valence-electron chi connectivity index (χ2n) is 10.7. The lowest BCUT2D eigenvalue weighted by atomic mass is 9.94. The highest BCUT2D eigenvalue weighted by atomic mass is 79.9. The van der Waals surface area contributed by atoms with Gasteiger partial charge < -0.3 is 15.0 Å². The summed E-state index contributed by atoms with van der Waals surface area (Å²) in [7, 11) is -2.36. The van der Waals surface area contributed by atoms with Gasteiger partial charge in [-0.3, -0.25) is 13.9 Å². The molecule has 42 heavy (non-hydrogen) atoms. The van der Waals surface area contributed by atoms with E-state index in [1.54, 1.807) is 24.3 Å². The van der Waals surface area contributed by atoms with Gasteiger partial charge in [0.15, 0.2) is 0 Å². The predicted molar refractivity (Wildman–Crippen MR) is 169 cm³/mol. The summed E-state index contributed by atoms with van der Waals surface area (Å²) in [5.74, 6) is -0.247. The molecule has 224 valence electrons. The number of methoxy groups -OCH3 is 1. The van der Waals surface area contributed by atoms with E-state index < -0.39 is 28.5 Å². The van der Waals surface area contributed by atoms with E-state index >= 15 is 0 Å². The van der Waals surface area contributed by atoms with Crippen LogP contribution in [0.1, 0.15) is 43.2 Å². The summed E-state index contributed by atoms with van der Waals surface area (Å²) in [5, 5.41) is 3.21. The first-order valence-electron chi connectivity index (χ1n) is 14.1. The highest BCUT2D eigenvalue weighted by Crippen LogP contribution is 2.25. The number of hydrogen-bond donors (Lipinski definition) is 1. The zero-order valence-corrected chi connectivity index (χ0v) is 26.4. The number of ether oxygens (including phenoxy) is 1. The van der Waals surface area contributed by atoms with Gasteiger partial charge in [-0.15, -0.1) is 0 Å². The zero-order valence-electron chi connectivity index (χ0n) is 24.0. The van der Waals surface area contributed by atoms with Crippen LogP contribution in [-0.2, 0) is 32.6 Å². The lowest BCUT2D eigenvalue weighted by Gasteiger charge is -2.35. The minimum absolute atomic E-state index is 0.0541. The van der Waals surface area contributed by atoms with Gasteiger partial charge in [0.2, 0.25) is 21.8 Å². The molecule has 3 aromatic carbocycles. The molecule has 10 heteroatoms. The number of rotatable bonds is 12. The molecule has 0 saturated heterocycles. The average molecular weight is 657 g/mol. The molecule has 0 aliphatic heterocycles. The molecule has 0 aromatic heterocycles. The molecular formula is C32H38BrN3O5S. The Bertz CT molecular complexity index is 1440. The van der Waals surface area contributed by atoms with Crippen molar-refractivity contribution in [1.82, 2.24) is 10.2 Å². The van der Waals surface area contributed by atoms with Crippen LogP contribution in [0, 0.1) is 0 Å². The Morgan fingerprint density at radius 1 is 0.952 bits per heavy atom. The quantitative estimate of drug-likeness (QED) is 0.285. The number of amides is 2. The summed E-state index contributed by atoms with van der Waals surface area (Å²) in [5.41, 5.74) is 2.03. The van der Waals surface area contributed by atoms with Crippen molar-refractivity contribution in [3.63, 3.8) is 0 Å². The van der Waals surface area contributed by atoms with Gasteiger partial charge in [-0.05, 0) is 48.2 Å². The highest BCUT2D eigenvalue weighted by molar-refractivity contribution is 9.10. The van der Waals surface area contributed by atoms with Gasteiger partial charge in [-0.25, -0.2) is 8.42 Å². The summed E-state index contributed by atoms with van der Waals surface area (Å²) < 4.78 is 33.2. The lowest BCUT2D eigenvalue weighted by Crippen LogP contribution is -2.55. The Morgan fingerprint density at radius 3 is 2.29 bits per heavy atom. The van der Waals surface area contributed by atoms with Crippen LogP contribution in [0.4, 0.5) is 5.69 Å². The standard InChI is InChI=1S/C32H38BrN3O5S/c1-41-29-15-9-14-28(21-29)36(42(2,39)40)23-31(37)35(22-25-16-18-26(33)19-17-25)30(20-24-10-5-3-6-11-24)32(38)34-27-12-7-4-8-13-27/h3,5-6,9-11,14-19,21,27,30H,4,7-8,12-13,20,22-23H2,1-2H3,(H,34,38)/t30-/m1/s1. The van der Waals surface area contributed by atoms with E-state index in [9.17, 15) is 18.0 Å². The van der Waals surface area contributed by atoms with Crippen LogP contribution >= 0.6 is 15.9 Å². The molecule has 0 spiro atoms. The minimum Gasteiger partial charge on any atom is -0.497 e. The Kier molecular flexibility index (Phi) is 11.0. The van der Waals surface area contributed by atoms with E-state index in [0.717, 1.165) is 58.3 Å². The molecule has 3 aromatic rings. The van der Waals surface area contributed by atoms with E-state index in [0.29, 0.717) is 17.9 Å². The topological polar surface area (TPSA) is 96.0 Å². The SMILES string of the molecule is COc1cccc(N(CC(=O)N(Cc2ccc(Br)cc2)[C@H](Cc2ccccc2)C(=O)NC2CCCCC2)S(C)(=O)=O)c1. The predicted octanol–water partition coefficient (Wildman–Crippen LogP) is 5.31. The van der Waals surface area contributed by atoms with Crippen LogP contribution in [0.5, 0.6) is 5.75 Å². The summed E-state index contributed by atoms with van der Waals surface area (Å²) in [6.45, 7) is -0.331. The number of benzene rings is 3. The molecule has 1 aliphatic carbocycles. The smallest absolute Gasteiger partial charge is 0.244 e. The number of sulfonamides is 1. The van der Waals surface area contributed by atoms with Gasteiger partial charge in [0.25, 0.3) is 0 Å². The summed E-state index contributed by atoms with van der Waals surface area (Å²) in [4.78, 5) is 29.7. The third kappa shape index (κ3) is 8.82. The van der Waals surface area contributed by atoms with Gasteiger partial charge >= 0.3 is 0 Å². The molecule has 8 nitrogen and oxygen atoms in total. The highest BCUT2D eigenvalue weighted by Gasteiger charge is 2.34. The molecule has 1 aliphatic rings. The number of halogens is 1. The molecule has 1 atom stereocenters. The summed E-state index contributed by atoms with van der Waals surface area (Å²) >= 11 is 3.46. The molecule has 1 saturated carbocycles. The van der Waals surface area contributed by atoms with Gasteiger partial charge in [0, 0.05) is 29.5 Å². The van der Waals surface area contributed by atoms with Crippen LogP contribution in [0.15, 0.2) is 83.3 Å². The first kappa shape index (κ1) is 31.6. The van der Waals surface area contributed by atoms with Crippen molar-refractivity contribution in [2.45, 2.75) is 57.2 Å². The normalized spacial score (nSPS) is 14.5. The Labute approximate surface area is 257 Å². The number of hydrogen-bond acceptors (Lipinski definition) is 5. The molecule has 1 N–H and O–H groups in total. The van der Waals surface area contributed by atoms with E-state index in [1.807, 2.05) is 54.6 Å². The van der Waals surface area contributed by atoms with Crippen molar-refractivity contribution in [1.29, 1.82) is 0 Å². The largest absolute Gasteiger partial charge is 0.497 e. The number of nitrogens with one attached hydrogen (secondary N) is 1. The first-order chi connectivity index (χ1) is 20.1. The molecule has 2 amide bonds. The van der Waals surface area contributed by atoms with Crippen molar-refractivity contribution >= 4 is 43.5 Å². The fraction of sp³-hybridized carbons (Fsp3) is 0.375. The average Bonchev–Trinajstić information content (AvgIpc) is 2.99. The second kappa shape index (κ2) is 14.7. The van der Waals surface area contributed by atoms with Crippen LogP contribution in [0.3, 0.4) is 0 Å². The fourth-order valence-electron chi connectivity index (χ4n) is 5.26. The maximum Gasteiger partial charge on any atom is 0.244 e. The summed E-state index contributed by atoms with van der Waals surface area (Å²) in [6.07, 6.45) is 6.43. The molecule has 0 heterocycles. The van der Waals surface area contributed by atoms with Gasteiger partial charge in [-0.2, -0.15) is 0 Å². The van der Waals surface area contributed by atoms with E-state index in [2.05, 4.69) is 21.2 Å². The van der Waals surface area contributed by atoms with E-state index in [4.69, 9.17) is 4.74 Å². The Balaban J connectivity index is 1.72. The van der Waals surface area contributed by atoms with Crippen LogP contribution in [-0.4, -0.2) is 57.1 Å². The fourth-order valence-corrected chi connectivity index (χ4v) is 6.37. The number of carbonyl (C=O) groups excluding carboxylic acids is 2. The first-order valence-corrected chi connectivity index (χ1v) is 16.8.